The molecular formula is C17H15NO3S. The Morgan fingerprint density at radius 2 is 1.95 bits per heavy atom. The minimum Gasteiger partial charge on any atom is -0.445 e. The second-order valence-corrected chi connectivity index (χ2v) is 5.52. The van der Waals surface area contributed by atoms with Gasteiger partial charge >= 0.3 is 6.09 Å². The van der Waals surface area contributed by atoms with Gasteiger partial charge in [-0.1, -0.05) is 42.2 Å². The van der Waals surface area contributed by atoms with Crippen LogP contribution in [0.2, 0.25) is 0 Å². The second-order valence-electron chi connectivity index (χ2n) is 4.44. The van der Waals surface area contributed by atoms with E-state index < -0.39 is 6.09 Å². The SMILES string of the molecule is CC(=O)c1ccc(C#CCNC(=O)OCc2ccccc2)s1. The Labute approximate surface area is 133 Å². The molecule has 4 nitrogen and oxygen atoms in total. The summed E-state index contributed by atoms with van der Waals surface area (Å²) in [5.41, 5.74) is 0.930. The fourth-order valence-corrected chi connectivity index (χ4v) is 2.39. The van der Waals surface area contributed by atoms with Crippen molar-refractivity contribution in [3.05, 3.63) is 57.8 Å². The van der Waals surface area contributed by atoms with Crippen LogP contribution in [0, 0.1) is 11.8 Å². The second kappa shape index (κ2) is 8.01. The van der Waals surface area contributed by atoms with E-state index in [9.17, 15) is 9.59 Å². The summed E-state index contributed by atoms with van der Waals surface area (Å²) in [4.78, 5) is 24.1. The summed E-state index contributed by atoms with van der Waals surface area (Å²) in [5.74, 6) is 5.74. The Hall–Kier alpha value is -2.58. The largest absolute Gasteiger partial charge is 0.445 e. The van der Waals surface area contributed by atoms with Crippen molar-refractivity contribution in [1.29, 1.82) is 0 Å². The topological polar surface area (TPSA) is 55.4 Å². The minimum atomic E-state index is -0.506. The number of Topliss-reactive ketones (excluding diaryl/α,β-unsaturated/α-hetero) is 1. The fraction of sp³-hybridized carbons (Fsp3) is 0.176. The number of carbonyl (C=O) groups excluding carboxylic acids is 2. The minimum absolute atomic E-state index is 0.0284. The van der Waals surface area contributed by atoms with Crippen molar-refractivity contribution in [3.8, 4) is 11.8 Å². The van der Waals surface area contributed by atoms with E-state index in [0.29, 0.717) is 4.88 Å². The summed E-state index contributed by atoms with van der Waals surface area (Å²) in [6.07, 6.45) is -0.506. The highest BCUT2D eigenvalue weighted by atomic mass is 32.1. The maximum Gasteiger partial charge on any atom is 0.408 e. The van der Waals surface area contributed by atoms with Crippen molar-refractivity contribution in [2.24, 2.45) is 0 Å². The molecule has 5 heteroatoms. The molecule has 1 heterocycles. The number of nitrogens with one attached hydrogen (secondary N) is 1. The Kier molecular flexibility index (Phi) is 5.75. The van der Waals surface area contributed by atoms with Gasteiger partial charge in [-0.15, -0.1) is 11.3 Å². The lowest BCUT2D eigenvalue weighted by atomic mass is 10.2. The number of thiophene rings is 1. The van der Waals surface area contributed by atoms with Gasteiger partial charge in [-0.3, -0.25) is 4.79 Å². The van der Waals surface area contributed by atoms with Crippen molar-refractivity contribution in [2.75, 3.05) is 6.54 Å². The fourth-order valence-electron chi connectivity index (χ4n) is 1.62. The van der Waals surface area contributed by atoms with Crippen molar-refractivity contribution in [1.82, 2.24) is 5.32 Å². The van der Waals surface area contributed by atoms with Gasteiger partial charge in [0, 0.05) is 0 Å². The van der Waals surface area contributed by atoms with E-state index in [4.69, 9.17) is 4.74 Å². The number of benzene rings is 1. The monoisotopic (exact) mass is 313 g/mol. The molecule has 22 heavy (non-hydrogen) atoms. The molecule has 112 valence electrons. The smallest absolute Gasteiger partial charge is 0.408 e. The van der Waals surface area contributed by atoms with Crippen LogP contribution in [0.5, 0.6) is 0 Å². The van der Waals surface area contributed by atoms with Crippen LogP contribution >= 0.6 is 11.3 Å². The first kappa shape index (κ1) is 15.8. The molecule has 2 rings (SSSR count). The summed E-state index contributed by atoms with van der Waals surface area (Å²) in [7, 11) is 0. The first-order valence-corrected chi connectivity index (χ1v) is 7.51. The van der Waals surface area contributed by atoms with Crippen molar-refractivity contribution >= 4 is 23.2 Å². The number of alkyl carbamates (subject to hydrolysis) is 1. The standard InChI is InChI=1S/C17H15NO3S/c1-13(19)16-10-9-15(22-16)8-5-11-18-17(20)21-12-14-6-3-2-4-7-14/h2-4,6-7,9-10H,11-12H2,1H3,(H,18,20). The highest BCUT2D eigenvalue weighted by Gasteiger charge is 2.02. The van der Waals surface area contributed by atoms with Crippen LogP contribution in [0.15, 0.2) is 42.5 Å². The van der Waals surface area contributed by atoms with E-state index in [1.54, 1.807) is 12.1 Å². The van der Waals surface area contributed by atoms with Crippen molar-refractivity contribution < 1.29 is 14.3 Å². The average molecular weight is 313 g/mol. The molecule has 1 aromatic heterocycles. The van der Waals surface area contributed by atoms with E-state index in [0.717, 1.165) is 10.4 Å². The first-order chi connectivity index (χ1) is 10.6. The lowest BCUT2D eigenvalue weighted by molar-refractivity contribution is 0.102. The quantitative estimate of drug-likeness (QED) is 0.696. The molecule has 0 saturated carbocycles. The zero-order chi connectivity index (χ0) is 15.8. The molecule has 1 N–H and O–H groups in total. The molecule has 2 aromatic rings. The summed E-state index contributed by atoms with van der Waals surface area (Å²) in [6.45, 7) is 1.95. The average Bonchev–Trinajstić information content (AvgIpc) is 3.00. The zero-order valence-electron chi connectivity index (χ0n) is 12.1. The molecular weight excluding hydrogens is 298 g/mol. The molecule has 1 aromatic carbocycles. The van der Waals surface area contributed by atoms with Crippen LogP contribution in [0.1, 0.15) is 27.0 Å². The van der Waals surface area contributed by atoms with Gasteiger partial charge in [-0.2, -0.15) is 0 Å². The maximum absolute atomic E-state index is 11.5. The molecule has 1 amide bonds. The van der Waals surface area contributed by atoms with Crippen LogP contribution in [0.4, 0.5) is 4.79 Å². The van der Waals surface area contributed by atoms with Gasteiger partial charge in [0.1, 0.15) is 6.61 Å². The third-order valence-corrected chi connectivity index (χ3v) is 3.80. The maximum atomic E-state index is 11.5. The van der Waals surface area contributed by atoms with Crippen molar-refractivity contribution in [2.45, 2.75) is 13.5 Å². The molecule has 0 aliphatic carbocycles. The number of hydrogen-bond donors (Lipinski definition) is 1. The van der Waals surface area contributed by atoms with Crippen LogP contribution in [-0.2, 0) is 11.3 Å². The van der Waals surface area contributed by atoms with Gasteiger partial charge in [-0.25, -0.2) is 4.79 Å². The number of rotatable bonds is 4. The summed E-state index contributed by atoms with van der Waals surface area (Å²) in [5, 5.41) is 2.56. The summed E-state index contributed by atoms with van der Waals surface area (Å²) in [6, 6.07) is 13.0. The molecule has 0 unspecified atom stereocenters. The Morgan fingerprint density at radius 3 is 2.64 bits per heavy atom. The molecule has 0 radical (unpaired) electrons. The number of hydrogen-bond acceptors (Lipinski definition) is 4. The first-order valence-electron chi connectivity index (χ1n) is 6.69. The molecule has 0 bridgehead atoms. The van der Waals surface area contributed by atoms with Crippen LogP contribution in [-0.4, -0.2) is 18.4 Å². The van der Waals surface area contributed by atoms with Crippen molar-refractivity contribution in [3.63, 3.8) is 0 Å². The highest BCUT2D eigenvalue weighted by molar-refractivity contribution is 7.14. The van der Waals surface area contributed by atoms with Gasteiger partial charge in [-0.05, 0) is 24.6 Å². The normalized spacial score (nSPS) is 9.50. The van der Waals surface area contributed by atoms with E-state index >= 15 is 0 Å². The molecule has 0 fully saturated rings. The summed E-state index contributed by atoms with van der Waals surface area (Å²) < 4.78 is 5.06. The van der Waals surface area contributed by atoms with Crippen LogP contribution < -0.4 is 5.32 Å². The van der Waals surface area contributed by atoms with Crippen LogP contribution in [0.3, 0.4) is 0 Å². The van der Waals surface area contributed by atoms with Crippen LogP contribution in [0.25, 0.3) is 0 Å². The molecule has 0 aliphatic heterocycles. The predicted octanol–water partition coefficient (Wildman–Crippen LogP) is 3.23. The Bertz CT molecular complexity index is 710. The number of carbonyl (C=O) groups is 2. The molecule has 0 saturated heterocycles. The van der Waals surface area contributed by atoms with Gasteiger partial charge < -0.3 is 10.1 Å². The van der Waals surface area contributed by atoms with E-state index in [-0.39, 0.29) is 18.9 Å². The Morgan fingerprint density at radius 1 is 1.18 bits per heavy atom. The van der Waals surface area contributed by atoms with E-state index in [1.807, 2.05) is 30.3 Å². The van der Waals surface area contributed by atoms with Gasteiger partial charge in [0.25, 0.3) is 0 Å². The highest BCUT2D eigenvalue weighted by Crippen LogP contribution is 2.15. The van der Waals surface area contributed by atoms with E-state index in [1.165, 1.54) is 18.3 Å². The predicted molar refractivity (Wildman–Crippen MR) is 85.8 cm³/mol. The third-order valence-electron chi connectivity index (χ3n) is 2.70. The lowest BCUT2D eigenvalue weighted by Crippen LogP contribution is -2.24. The number of amides is 1. The van der Waals surface area contributed by atoms with Gasteiger partial charge in [0.2, 0.25) is 0 Å². The molecule has 0 atom stereocenters. The Balaban J connectivity index is 1.73. The molecule has 0 spiro atoms. The van der Waals surface area contributed by atoms with Gasteiger partial charge in [0.05, 0.1) is 16.3 Å². The van der Waals surface area contributed by atoms with E-state index in [2.05, 4.69) is 17.2 Å². The third kappa shape index (κ3) is 5.08. The lowest BCUT2D eigenvalue weighted by Gasteiger charge is -2.04. The van der Waals surface area contributed by atoms with Gasteiger partial charge in [0.15, 0.2) is 5.78 Å². The number of ether oxygens (including phenoxy) is 1. The zero-order valence-corrected chi connectivity index (χ0v) is 12.9. The summed E-state index contributed by atoms with van der Waals surface area (Å²) >= 11 is 1.34. The number of ketones is 1. The molecule has 0 aliphatic rings.